The fourth-order valence-electron chi connectivity index (χ4n) is 4.31. The van der Waals surface area contributed by atoms with Crippen molar-refractivity contribution in [2.75, 3.05) is 0 Å². The van der Waals surface area contributed by atoms with E-state index in [1.54, 1.807) is 36.5 Å². The molecule has 0 spiro atoms. The van der Waals surface area contributed by atoms with Crippen molar-refractivity contribution >= 4 is 11.5 Å². The molecule has 0 saturated heterocycles. The van der Waals surface area contributed by atoms with Gasteiger partial charge in [-0.05, 0) is 30.7 Å². The topological polar surface area (TPSA) is 126 Å². The van der Waals surface area contributed by atoms with Crippen molar-refractivity contribution in [2.45, 2.75) is 38.6 Å². The van der Waals surface area contributed by atoms with Gasteiger partial charge in [0.1, 0.15) is 11.6 Å². The Kier molecular flexibility index (Phi) is 6.34. The van der Waals surface area contributed by atoms with Crippen LogP contribution < -0.4 is 5.56 Å². The molecule has 38 heavy (non-hydrogen) atoms. The van der Waals surface area contributed by atoms with Crippen molar-refractivity contribution in [3.63, 3.8) is 0 Å². The molecule has 0 saturated carbocycles. The van der Waals surface area contributed by atoms with Gasteiger partial charge >= 0.3 is 0 Å². The molecular formula is C28H26N8O2. The minimum atomic E-state index is -0.515. The fourth-order valence-corrected chi connectivity index (χ4v) is 4.31. The number of hydrogen-bond donors (Lipinski definition) is 1. The summed E-state index contributed by atoms with van der Waals surface area (Å²) in [6.07, 6.45) is 9.80. The van der Waals surface area contributed by atoms with Crippen LogP contribution >= 0.6 is 0 Å². The standard InChI is InChI=1S/C28H26N8O2/c1-28(2,3)24-21(18-29)25(34(33-24)22-16-10-11-17-30-22)32-31-23-26(37)35(19-12-6-4-7-13-19)36(27(23)38)20-14-8-5-9-15-20/h4-14,16-17,20,37H,15H2,1-3H3. The molecule has 0 bridgehead atoms. The molecule has 4 aromatic rings. The quantitative estimate of drug-likeness (QED) is 0.354. The van der Waals surface area contributed by atoms with Crippen LogP contribution in [0.15, 0.2) is 94.1 Å². The van der Waals surface area contributed by atoms with Gasteiger partial charge in [0.25, 0.3) is 5.56 Å². The Bertz CT molecular complexity index is 1660. The molecule has 0 radical (unpaired) electrons. The van der Waals surface area contributed by atoms with E-state index in [0.29, 0.717) is 23.6 Å². The van der Waals surface area contributed by atoms with E-state index < -0.39 is 11.0 Å². The lowest BCUT2D eigenvalue weighted by Gasteiger charge is -2.19. The Morgan fingerprint density at radius 1 is 1.08 bits per heavy atom. The molecule has 3 aromatic heterocycles. The van der Waals surface area contributed by atoms with Gasteiger partial charge in [-0.1, -0.05) is 69.3 Å². The SMILES string of the molecule is CC(C)(C)c1nn(-c2ccccn2)c(N=Nc2c(O)n(-c3ccccc3)n(C3C=CC=CC3)c2=O)c1C#N. The summed E-state index contributed by atoms with van der Waals surface area (Å²) in [5.41, 5.74) is 0.0987. The highest BCUT2D eigenvalue weighted by Gasteiger charge is 2.29. The van der Waals surface area contributed by atoms with Crippen LogP contribution in [-0.4, -0.2) is 29.2 Å². The summed E-state index contributed by atoms with van der Waals surface area (Å²) < 4.78 is 4.33. The lowest BCUT2D eigenvalue weighted by atomic mass is 9.90. The second-order valence-electron chi connectivity index (χ2n) is 9.79. The van der Waals surface area contributed by atoms with Gasteiger partial charge in [0, 0.05) is 11.6 Å². The number of azo groups is 1. The molecule has 0 amide bonds. The molecule has 190 valence electrons. The van der Waals surface area contributed by atoms with Gasteiger partial charge in [0.2, 0.25) is 11.6 Å². The van der Waals surface area contributed by atoms with Crippen LogP contribution in [0.3, 0.4) is 0 Å². The van der Waals surface area contributed by atoms with Crippen molar-refractivity contribution in [3.8, 4) is 23.5 Å². The molecular weight excluding hydrogens is 480 g/mol. The zero-order valence-electron chi connectivity index (χ0n) is 21.2. The summed E-state index contributed by atoms with van der Waals surface area (Å²) in [6.45, 7) is 5.82. The third-order valence-corrected chi connectivity index (χ3v) is 6.11. The molecule has 5 rings (SSSR count). The van der Waals surface area contributed by atoms with Crippen LogP contribution in [0.5, 0.6) is 5.88 Å². The van der Waals surface area contributed by atoms with Crippen molar-refractivity contribution in [3.05, 3.63) is 101 Å². The predicted octanol–water partition coefficient (Wildman–Crippen LogP) is 5.57. The number of para-hydroxylation sites is 1. The van der Waals surface area contributed by atoms with E-state index in [0.717, 1.165) is 0 Å². The van der Waals surface area contributed by atoms with Gasteiger partial charge in [-0.2, -0.15) is 15.0 Å². The normalized spacial score (nSPS) is 15.3. The lowest BCUT2D eigenvalue weighted by Crippen LogP contribution is -2.26. The molecule has 0 aliphatic heterocycles. The van der Waals surface area contributed by atoms with Crippen LogP contribution in [0.25, 0.3) is 11.5 Å². The molecule has 1 unspecified atom stereocenters. The molecule has 1 aliphatic rings. The Hall–Kier alpha value is -5.04. The monoisotopic (exact) mass is 506 g/mol. The molecule has 10 nitrogen and oxygen atoms in total. The number of rotatable bonds is 5. The molecule has 1 aromatic carbocycles. The minimum absolute atomic E-state index is 0.120. The van der Waals surface area contributed by atoms with Crippen LogP contribution in [0.2, 0.25) is 0 Å². The third-order valence-electron chi connectivity index (χ3n) is 6.11. The highest BCUT2D eigenvalue weighted by atomic mass is 16.3. The first-order valence-corrected chi connectivity index (χ1v) is 12.1. The van der Waals surface area contributed by atoms with Gasteiger partial charge in [-0.25, -0.2) is 14.3 Å². The maximum absolute atomic E-state index is 13.6. The third kappa shape index (κ3) is 4.35. The maximum Gasteiger partial charge on any atom is 0.299 e. The maximum atomic E-state index is 13.6. The van der Waals surface area contributed by atoms with Gasteiger partial charge in [0.15, 0.2) is 11.6 Å². The van der Waals surface area contributed by atoms with Crippen LogP contribution in [-0.2, 0) is 5.41 Å². The summed E-state index contributed by atoms with van der Waals surface area (Å²) in [5.74, 6) is 0.205. The molecule has 10 heteroatoms. The summed E-state index contributed by atoms with van der Waals surface area (Å²) in [7, 11) is 0. The number of nitriles is 1. The summed E-state index contributed by atoms with van der Waals surface area (Å²) in [5, 5.41) is 34.4. The van der Waals surface area contributed by atoms with E-state index in [4.69, 9.17) is 0 Å². The Morgan fingerprint density at radius 2 is 1.84 bits per heavy atom. The average molecular weight is 507 g/mol. The Labute approximate surface area is 219 Å². The predicted molar refractivity (Wildman–Crippen MR) is 143 cm³/mol. The van der Waals surface area contributed by atoms with Crippen molar-refractivity contribution in [1.29, 1.82) is 5.26 Å². The van der Waals surface area contributed by atoms with E-state index in [2.05, 4.69) is 26.4 Å². The second-order valence-corrected chi connectivity index (χ2v) is 9.79. The van der Waals surface area contributed by atoms with E-state index in [1.165, 1.54) is 14.0 Å². The smallest absolute Gasteiger partial charge is 0.299 e. The van der Waals surface area contributed by atoms with E-state index in [9.17, 15) is 15.2 Å². The molecule has 0 fully saturated rings. The Balaban J connectivity index is 1.71. The fraction of sp³-hybridized carbons (Fsp3) is 0.214. The number of aromatic hydroxyl groups is 1. The van der Waals surface area contributed by atoms with Crippen LogP contribution in [0, 0.1) is 11.3 Å². The molecule has 1 atom stereocenters. The molecule has 1 aliphatic carbocycles. The second kappa shape index (κ2) is 9.78. The number of pyridine rings is 1. The first-order valence-electron chi connectivity index (χ1n) is 12.1. The number of aromatic nitrogens is 5. The number of benzene rings is 1. The van der Waals surface area contributed by atoms with Crippen molar-refractivity contribution < 1.29 is 5.11 Å². The van der Waals surface area contributed by atoms with Gasteiger partial charge < -0.3 is 5.11 Å². The van der Waals surface area contributed by atoms with Crippen molar-refractivity contribution in [1.82, 2.24) is 24.1 Å². The number of nitrogens with zero attached hydrogens (tertiary/aromatic N) is 8. The van der Waals surface area contributed by atoms with Gasteiger partial charge in [0.05, 0.1) is 17.4 Å². The van der Waals surface area contributed by atoms with E-state index in [-0.39, 0.29) is 29.0 Å². The molecule has 3 heterocycles. The van der Waals surface area contributed by atoms with Crippen LogP contribution in [0.4, 0.5) is 11.5 Å². The zero-order valence-corrected chi connectivity index (χ0v) is 21.2. The van der Waals surface area contributed by atoms with E-state index >= 15 is 0 Å². The largest absolute Gasteiger partial charge is 0.492 e. The number of hydrogen-bond acceptors (Lipinski definition) is 7. The van der Waals surface area contributed by atoms with Gasteiger partial charge in [-0.15, -0.1) is 10.2 Å². The Morgan fingerprint density at radius 3 is 2.47 bits per heavy atom. The summed E-state index contributed by atoms with van der Waals surface area (Å²) in [6, 6.07) is 16.2. The van der Waals surface area contributed by atoms with E-state index in [1.807, 2.05) is 63.3 Å². The average Bonchev–Trinajstić information content (AvgIpc) is 3.43. The highest BCUT2D eigenvalue weighted by Crippen LogP contribution is 2.35. The molecule has 1 N–H and O–H groups in total. The number of allylic oxidation sites excluding steroid dienone is 4. The first kappa shape index (κ1) is 24.6. The highest BCUT2D eigenvalue weighted by molar-refractivity contribution is 5.57. The minimum Gasteiger partial charge on any atom is -0.492 e. The van der Waals surface area contributed by atoms with Gasteiger partial charge in [-0.3, -0.25) is 4.79 Å². The summed E-state index contributed by atoms with van der Waals surface area (Å²) >= 11 is 0. The summed E-state index contributed by atoms with van der Waals surface area (Å²) in [4.78, 5) is 18.0. The lowest BCUT2D eigenvalue weighted by molar-refractivity contribution is 0.391. The first-order chi connectivity index (χ1) is 18.3. The van der Waals surface area contributed by atoms with Crippen LogP contribution in [0.1, 0.15) is 44.5 Å². The zero-order chi connectivity index (χ0) is 26.9. The van der Waals surface area contributed by atoms with Crippen molar-refractivity contribution in [2.24, 2.45) is 10.2 Å².